The third-order valence-corrected chi connectivity index (χ3v) is 5.41. The van der Waals surface area contributed by atoms with Crippen LogP contribution in [0.15, 0.2) is 35.4 Å². The van der Waals surface area contributed by atoms with Crippen LogP contribution in [-0.4, -0.2) is 49.7 Å². The van der Waals surface area contributed by atoms with E-state index in [4.69, 9.17) is 4.74 Å². The molecule has 1 N–H and O–H groups in total. The van der Waals surface area contributed by atoms with E-state index >= 15 is 0 Å². The molecular formula is C17H18N6O3S. The Labute approximate surface area is 158 Å². The van der Waals surface area contributed by atoms with Crippen LogP contribution in [0.2, 0.25) is 0 Å². The van der Waals surface area contributed by atoms with Gasteiger partial charge in [0.2, 0.25) is 0 Å². The van der Waals surface area contributed by atoms with Gasteiger partial charge >= 0.3 is 0 Å². The number of amides is 1. The number of ether oxygens (including phenoxy) is 1. The van der Waals surface area contributed by atoms with Crippen LogP contribution in [0.4, 0.5) is 0 Å². The van der Waals surface area contributed by atoms with Crippen LogP contribution in [0.3, 0.4) is 0 Å². The molecule has 140 valence electrons. The standard InChI is InChI=1S/C17H18N6O3S/c1-10-16(27-11(2)19-10)17(25)20-12-8-26-9-13(12)23-15(24)5-4-14(21-23)22-7-3-6-18-22/h3-7,12-13H,8-9H2,1-2H3,(H,20,25). The van der Waals surface area contributed by atoms with Gasteiger partial charge < -0.3 is 10.1 Å². The molecule has 10 heteroatoms. The first kappa shape index (κ1) is 17.6. The molecule has 2 unspecified atom stereocenters. The number of carbonyl (C=O) groups excluding carboxylic acids is 1. The summed E-state index contributed by atoms with van der Waals surface area (Å²) in [6.07, 6.45) is 3.38. The lowest BCUT2D eigenvalue weighted by Crippen LogP contribution is -2.44. The van der Waals surface area contributed by atoms with Crippen molar-refractivity contribution in [1.29, 1.82) is 0 Å². The minimum atomic E-state index is -0.397. The minimum absolute atomic E-state index is 0.213. The Morgan fingerprint density at radius 3 is 2.89 bits per heavy atom. The first-order chi connectivity index (χ1) is 13.0. The first-order valence-corrected chi connectivity index (χ1v) is 9.27. The topological polar surface area (TPSA) is 104 Å². The average molecular weight is 386 g/mol. The number of aromatic nitrogens is 5. The van der Waals surface area contributed by atoms with E-state index in [1.165, 1.54) is 22.1 Å². The second kappa shape index (κ2) is 7.05. The Morgan fingerprint density at radius 2 is 2.19 bits per heavy atom. The van der Waals surface area contributed by atoms with Gasteiger partial charge in [0.15, 0.2) is 5.82 Å². The number of aryl methyl sites for hydroxylation is 2. The summed E-state index contributed by atoms with van der Waals surface area (Å²) in [5, 5.41) is 12.3. The number of hydrogen-bond donors (Lipinski definition) is 1. The smallest absolute Gasteiger partial charge is 0.267 e. The van der Waals surface area contributed by atoms with Crippen LogP contribution in [0.5, 0.6) is 0 Å². The van der Waals surface area contributed by atoms with E-state index < -0.39 is 6.04 Å². The molecule has 3 aromatic heterocycles. The van der Waals surface area contributed by atoms with Crippen molar-refractivity contribution in [1.82, 2.24) is 29.9 Å². The molecule has 0 saturated carbocycles. The van der Waals surface area contributed by atoms with Gasteiger partial charge in [-0.1, -0.05) is 0 Å². The highest BCUT2D eigenvalue weighted by molar-refractivity contribution is 7.13. The van der Waals surface area contributed by atoms with Gasteiger partial charge in [0.1, 0.15) is 10.9 Å². The van der Waals surface area contributed by atoms with Crippen LogP contribution < -0.4 is 10.9 Å². The molecule has 0 aromatic carbocycles. The van der Waals surface area contributed by atoms with Crippen LogP contribution in [0, 0.1) is 13.8 Å². The molecule has 1 fully saturated rings. The molecule has 0 spiro atoms. The second-order valence-electron chi connectivity index (χ2n) is 6.26. The van der Waals surface area contributed by atoms with Crippen LogP contribution in [-0.2, 0) is 4.74 Å². The van der Waals surface area contributed by atoms with Crippen LogP contribution >= 0.6 is 11.3 Å². The number of rotatable bonds is 4. The van der Waals surface area contributed by atoms with Crippen molar-refractivity contribution in [2.75, 3.05) is 13.2 Å². The van der Waals surface area contributed by atoms with Crippen molar-refractivity contribution in [2.45, 2.75) is 25.9 Å². The predicted molar refractivity (Wildman–Crippen MR) is 98.3 cm³/mol. The number of nitrogens with zero attached hydrogens (tertiary/aromatic N) is 5. The van der Waals surface area contributed by atoms with Gasteiger partial charge in [-0.15, -0.1) is 16.4 Å². The van der Waals surface area contributed by atoms with Crippen molar-refractivity contribution in [2.24, 2.45) is 0 Å². The summed E-state index contributed by atoms with van der Waals surface area (Å²) in [5.41, 5.74) is 0.437. The molecule has 1 amide bonds. The highest BCUT2D eigenvalue weighted by atomic mass is 32.1. The molecule has 2 atom stereocenters. The summed E-state index contributed by atoms with van der Waals surface area (Å²) in [4.78, 5) is 29.9. The number of nitrogens with one attached hydrogen (secondary N) is 1. The maximum Gasteiger partial charge on any atom is 0.267 e. The van der Waals surface area contributed by atoms with Gasteiger partial charge in [-0.3, -0.25) is 9.59 Å². The molecule has 1 aliphatic rings. The minimum Gasteiger partial charge on any atom is -0.377 e. The first-order valence-electron chi connectivity index (χ1n) is 8.45. The molecular weight excluding hydrogens is 368 g/mol. The van der Waals surface area contributed by atoms with Gasteiger partial charge in [0.05, 0.1) is 30.0 Å². The maximum atomic E-state index is 12.6. The van der Waals surface area contributed by atoms with E-state index in [1.807, 2.05) is 6.92 Å². The molecule has 1 aliphatic heterocycles. The van der Waals surface area contributed by atoms with E-state index in [2.05, 4.69) is 20.5 Å². The molecule has 27 heavy (non-hydrogen) atoms. The zero-order valence-electron chi connectivity index (χ0n) is 14.8. The Bertz CT molecular complexity index is 1030. The molecule has 1 saturated heterocycles. The van der Waals surface area contributed by atoms with E-state index in [9.17, 15) is 9.59 Å². The monoisotopic (exact) mass is 386 g/mol. The Kier molecular flexibility index (Phi) is 4.58. The summed E-state index contributed by atoms with van der Waals surface area (Å²) < 4.78 is 8.47. The average Bonchev–Trinajstić information content (AvgIpc) is 3.37. The molecule has 0 radical (unpaired) electrons. The third kappa shape index (κ3) is 3.40. The molecule has 4 rings (SSSR count). The molecule has 9 nitrogen and oxygen atoms in total. The van der Waals surface area contributed by atoms with Crippen molar-refractivity contribution in [3.8, 4) is 5.82 Å². The zero-order valence-corrected chi connectivity index (χ0v) is 15.6. The van der Waals surface area contributed by atoms with Crippen LogP contribution in [0.1, 0.15) is 26.4 Å². The summed E-state index contributed by atoms with van der Waals surface area (Å²) in [7, 11) is 0. The third-order valence-electron chi connectivity index (χ3n) is 4.34. The summed E-state index contributed by atoms with van der Waals surface area (Å²) in [6, 6.07) is 4.07. The van der Waals surface area contributed by atoms with Crippen LogP contribution in [0.25, 0.3) is 5.82 Å². The lowest BCUT2D eigenvalue weighted by Gasteiger charge is -2.20. The maximum absolute atomic E-state index is 12.6. The van der Waals surface area contributed by atoms with Crippen molar-refractivity contribution >= 4 is 17.2 Å². The summed E-state index contributed by atoms with van der Waals surface area (Å²) >= 11 is 1.35. The number of hydrogen-bond acceptors (Lipinski definition) is 7. The highest BCUT2D eigenvalue weighted by Crippen LogP contribution is 2.21. The lowest BCUT2D eigenvalue weighted by atomic mass is 10.1. The SMILES string of the molecule is Cc1nc(C)c(C(=O)NC2COCC2n2nc(-n3cccn3)ccc2=O)s1. The number of thiazole rings is 1. The Hall–Kier alpha value is -2.85. The fourth-order valence-electron chi connectivity index (χ4n) is 3.08. The van der Waals surface area contributed by atoms with E-state index in [0.717, 1.165) is 5.01 Å². The number of carbonyl (C=O) groups is 1. The van der Waals surface area contributed by atoms with Gasteiger partial charge in [-0.2, -0.15) is 5.10 Å². The predicted octanol–water partition coefficient (Wildman–Crippen LogP) is 0.872. The lowest BCUT2D eigenvalue weighted by molar-refractivity contribution is 0.0928. The second-order valence-corrected chi connectivity index (χ2v) is 7.46. The van der Waals surface area contributed by atoms with Gasteiger partial charge in [0, 0.05) is 18.5 Å². The molecule has 4 heterocycles. The summed E-state index contributed by atoms with van der Waals surface area (Å²) in [6.45, 7) is 4.27. The fourth-order valence-corrected chi connectivity index (χ4v) is 3.90. The fraction of sp³-hybridized carbons (Fsp3) is 0.353. The highest BCUT2D eigenvalue weighted by Gasteiger charge is 2.33. The van der Waals surface area contributed by atoms with E-state index in [1.54, 1.807) is 36.1 Å². The Balaban J connectivity index is 1.60. The van der Waals surface area contributed by atoms with Gasteiger partial charge in [-0.25, -0.2) is 14.3 Å². The Morgan fingerprint density at radius 1 is 1.33 bits per heavy atom. The van der Waals surface area contributed by atoms with E-state index in [0.29, 0.717) is 29.6 Å². The largest absolute Gasteiger partial charge is 0.377 e. The quantitative estimate of drug-likeness (QED) is 0.714. The molecule has 0 bridgehead atoms. The molecule has 0 aliphatic carbocycles. The van der Waals surface area contributed by atoms with Gasteiger partial charge in [0.25, 0.3) is 11.5 Å². The van der Waals surface area contributed by atoms with Crippen molar-refractivity contribution in [3.05, 3.63) is 56.5 Å². The van der Waals surface area contributed by atoms with E-state index in [-0.39, 0.29) is 17.5 Å². The normalized spacial score (nSPS) is 19.3. The van der Waals surface area contributed by atoms with Crippen molar-refractivity contribution < 1.29 is 9.53 Å². The molecule has 3 aromatic rings. The van der Waals surface area contributed by atoms with Crippen molar-refractivity contribution in [3.63, 3.8) is 0 Å². The summed E-state index contributed by atoms with van der Waals surface area (Å²) in [5.74, 6) is 0.306. The van der Waals surface area contributed by atoms with Gasteiger partial charge in [-0.05, 0) is 26.0 Å². The zero-order chi connectivity index (χ0) is 19.0.